The Balaban J connectivity index is 2.59. The number of rotatable bonds is 7. The van der Waals surface area contributed by atoms with Gasteiger partial charge in [0.1, 0.15) is 0 Å². The van der Waals surface area contributed by atoms with Crippen molar-refractivity contribution in [2.75, 3.05) is 20.2 Å². The zero-order chi connectivity index (χ0) is 15.8. The van der Waals surface area contributed by atoms with E-state index in [9.17, 15) is 14.7 Å². The summed E-state index contributed by atoms with van der Waals surface area (Å²) in [6.07, 6.45) is 0.0950. The molecule has 0 heterocycles. The van der Waals surface area contributed by atoms with Crippen LogP contribution in [0.4, 0.5) is 4.79 Å². The minimum Gasteiger partial charge on any atom is -0.479 e. The van der Waals surface area contributed by atoms with Crippen molar-refractivity contribution in [3.05, 3.63) is 35.9 Å². The molecule has 6 heteroatoms. The van der Waals surface area contributed by atoms with Gasteiger partial charge in [-0.2, -0.15) is 0 Å². The molecule has 1 atom stereocenters. The molecule has 0 fully saturated rings. The van der Waals surface area contributed by atoms with E-state index in [-0.39, 0.29) is 6.10 Å². The fourth-order valence-electron chi connectivity index (χ4n) is 1.69. The number of hydrogen-bond donors (Lipinski definition) is 2. The predicted octanol–water partition coefficient (Wildman–Crippen LogP) is 1.88. The van der Waals surface area contributed by atoms with Gasteiger partial charge in [-0.3, -0.25) is 0 Å². The number of amides is 2. The van der Waals surface area contributed by atoms with Gasteiger partial charge in [-0.15, -0.1) is 0 Å². The Hall–Kier alpha value is -2.08. The van der Waals surface area contributed by atoms with Crippen LogP contribution in [0.15, 0.2) is 30.3 Å². The molecule has 0 bridgehead atoms. The van der Waals surface area contributed by atoms with Crippen molar-refractivity contribution in [2.45, 2.75) is 26.0 Å². The summed E-state index contributed by atoms with van der Waals surface area (Å²) in [4.78, 5) is 24.7. The molecule has 2 amide bonds. The number of carbonyl (C=O) groups excluding carboxylic acids is 1. The zero-order valence-electron chi connectivity index (χ0n) is 12.6. The van der Waals surface area contributed by atoms with Crippen molar-refractivity contribution >= 4 is 12.0 Å². The summed E-state index contributed by atoms with van der Waals surface area (Å²) in [7, 11) is 1.60. The van der Waals surface area contributed by atoms with Gasteiger partial charge in [0.2, 0.25) is 0 Å². The number of nitrogens with zero attached hydrogens (tertiary/aromatic N) is 1. The molecule has 1 aromatic carbocycles. The number of carboxylic acid groups (broad SMARTS) is 1. The molecule has 1 rings (SSSR count). The van der Waals surface area contributed by atoms with Gasteiger partial charge in [-0.05, 0) is 19.4 Å². The summed E-state index contributed by atoms with van der Waals surface area (Å²) in [5.41, 5.74) is 0.533. The van der Waals surface area contributed by atoms with Crippen LogP contribution in [0.3, 0.4) is 0 Å². The first-order valence-corrected chi connectivity index (χ1v) is 6.82. The van der Waals surface area contributed by atoms with Gasteiger partial charge < -0.3 is 20.1 Å². The lowest BCUT2D eigenvalue weighted by Crippen LogP contribution is -2.43. The van der Waals surface area contributed by atoms with Crippen molar-refractivity contribution in [3.63, 3.8) is 0 Å². The van der Waals surface area contributed by atoms with Crippen LogP contribution in [0.1, 0.15) is 25.5 Å². The van der Waals surface area contributed by atoms with Crippen LogP contribution in [0.5, 0.6) is 0 Å². The first kappa shape index (κ1) is 17.0. The van der Waals surface area contributed by atoms with Gasteiger partial charge in [0, 0.05) is 13.6 Å². The molecule has 0 aliphatic carbocycles. The highest BCUT2D eigenvalue weighted by Gasteiger charge is 2.23. The molecule has 0 spiro atoms. The molecule has 0 saturated heterocycles. The molecule has 6 nitrogen and oxygen atoms in total. The third-order valence-corrected chi connectivity index (χ3v) is 2.87. The Morgan fingerprint density at radius 3 is 2.43 bits per heavy atom. The smallest absolute Gasteiger partial charge is 0.330 e. The monoisotopic (exact) mass is 294 g/mol. The number of nitrogens with one attached hydrogen (secondary N) is 1. The standard InChI is InChI=1S/C15H22N2O4/c1-11(2)21-10-9-17(3)15(20)16-13(14(18)19)12-7-5-4-6-8-12/h4-8,11,13H,9-10H2,1-3H3,(H,16,20)(H,18,19)/t13-/m0/s1. The molecule has 116 valence electrons. The Morgan fingerprint density at radius 2 is 1.90 bits per heavy atom. The van der Waals surface area contributed by atoms with E-state index in [1.807, 2.05) is 13.8 Å². The van der Waals surface area contributed by atoms with Crippen LogP contribution in [0.25, 0.3) is 0 Å². The van der Waals surface area contributed by atoms with Crippen LogP contribution in [-0.4, -0.2) is 48.3 Å². The lowest BCUT2D eigenvalue weighted by molar-refractivity contribution is -0.139. The molecule has 21 heavy (non-hydrogen) atoms. The zero-order valence-corrected chi connectivity index (χ0v) is 12.6. The van der Waals surface area contributed by atoms with Gasteiger partial charge in [0.25, 0.3) is 0 Å². The number of hydrogen-bond acceptors (Lipinski definition) is 3. The second kappa shape index (κ2) is 8.26. The maximum atomic E-state index is 12.0. The van der Waals surface area contributed by atoms with Gasteiger partial charge in [-0.25, -0.2) is 9.59 Å². The predicted molar refractivity (Wildman–Crippen MR) is 79.1 cm³/mol. The van der Waals surface area contributed by atoms with Gasteiger partial charge in [0.15, 0.2) is 6.04 Å². The molecular weight excluding hydrogens is 272 g/mol. The second-order valence-corrected chi connectivity index (χ2v) is 4.97. The second-order valence-electron chi connectivity index (χ2n) is 4.97. The maximum absolute atomic E-state index is 12.0. The minimum absolute atomic E-state index is 0.0950. The molecule has 0 saturated carbocycles. The SMILES string of the molecule is CC(C)OCCN(C)C(=O)N[C@H](C(=O)O)c1ccccc1. The first-order valence-electron chi connectivity index (χ1n) is 6.82. The molecule has 2 N–H and O–H groups in total. The van der Waals surface area contributed by atoms with E-state index in [0.29, 0.717) is 18.7 Å². The largest absolute Gasteiger partial charge is 0.479 e. The summed E-state index contributed by atoms with van der Waals surface area (Å²) in [6, 6.07) is 7.09. The van der Waals surface area contributed by atoms with E-state index in [1.54, 1.807) is 37.4 Å². The highest BCUT2D eigenvalue weighted by molar-refractivity contribution is 5.83. The van der Waals surface area contributed by atoms with Gasteiger partial charge in [0.05, 0.1) is 12.7 Å². The molecule has 0 aliphatic rings. The van der Waals surface area contributed by atoms with Crippen LogP contribution in [0.2, 0.25) is 0 Å². The maximum Gasteiger partial charge on any atom is 0.330 e. The number of carboxylic acids is 1. The van der Waals surface area contributed by atoms with Gasteiger partial charge >= 0.3 is 12.0 Å². The molecule has 0 aliphatic heterocycles. The summed E-state index contributed by atoms with van der Waals surface area (Å²) in [6.45, 7) is 4.63. The van der Waals surface area contributed by atoms with E-state index in [1.165, 1.54) is 4.90 Å². The summed E-state index contributed by atoms with van der Waals surface area (Å²) in [5.74, 6) is -1.10. The fourth-order valence-corrected chi connectivity index (χ4v) is 1.69. The van der Waals surface area contributed by atoms with Crippen LogP contribution >= 0.6 is 0 Å². The summed E-state index contributed by atoms with van der Waals surface area (Å²) >= 11 is 0. The van der Waals surface area contributed by atoms with Crippen molar-refractivity contribution in [1.82, 2.24) is 10.2 Å². The molecule has 0 aromatic heterocycles. The third kappa shape index (κ3) is 5.83. The quantitative estimate of drug-likeness (QED) is 0.804. The Morgan fingerprint density at radius 1 is 1.29 bits per heavy atom. The summed E-state index contributed by atoms with van der Waals surface area (Å²) in [5, 5.41) is 11.8. The third-order valence-electron chi connectivity index (χ3n) is 2.87. The molecular formula is C15H22N2O4. The van der Waals surface area contributed by atoms with E-state index in [4.69, 9.17) is 4.74 Å². The number of likely N-dealkylation sites (N-methyl/N-ethyl adjacent to an activating group) is 1. The number of aliphatic carboxylic acids is 1. The van der Waals surface area contributed by atoms with E-state index in [2.05, 4.69) is 5.32 Å². The Labute approximate surface area is 124 Å². The first-order chi connectivity index (χ1) is 9.91. The lowest BCUT2D eigenvalue weighted by atomic mass is 10.1. The average molecular weight is 294 g/mol. The number of carbonyl (C=O) groups is 2. The Bertz CT molecular complexity index is 462. The van der Waals surface area contributed by atoms with Crippen molar-refractivity contribution in [3.8, 4) is 0 Å². The highest BCUT2D eigenvalue weighted by Crippen LogP contribution is 2.12. The molecule has 0 unspecified atom stereocenters. The van der Waals surface area contributed by atoms with Crippen LogP contribution in [0, 0.1) is 0 Å². The van der Waals surface area contributed by atoms with Crippen molar-refractivity contribution < 1.29 is 19.4 Å². The topological polar surface area (TPSA) is 78.9 Å². The number of ether oxygens (including phenoxy) is 1. The van der Waals surface area contributed by atoms with Crippen molar-refractivity contribution in [1.29, 1.82) is 0 Å². The van der Waals surface area contributed by atoms with E-state index in [0.717, 1.165) is 0 Å². The Kier molecular flexibility index (Phi) is 6.68. The number of benzene rings is 1. The van der Waals surface area contributed by atoms with Crippen molar-refractivity contribution in [2.24, 2.45) is 0 Å². The number of urea groups is 1. The van der Waals surface area contributed by atoms with E-state index < -0.39 is 18.0 Å². The average Bonchev–Trinajstić information content (AvgIpc) is 2.44. The highest BCUT2D eigenvalue weighted by atomic mass is 16.5. The summed E-state index contributed by atoms with van der Waals surface area (Å²) < 4.78 is 5.36. The van der Waals surface area contributed by atoms with Crippen LogP contribution < -0.4 is 5.32 Å². The lowest BCUT2D eigenvalue weighted by Gasteiger charge is -2.22. The van der Waals surface area contributed by atoms with Crippen LogP contribution in [-0.2, 0) is 9.53 Å². The minimum atomic E-state index is -1.10. The van der Waals surface area contributed by atoms with Gasteiger partial charge in [-0.1, -0.05) is 30.3 Å². The molecule has 0 radical (unpaired) electrons. The molecule has 1 aromatic rings. The normalized spacial score (nSPS) is 12.0. The van der Waals surface area contributed by atoms with E-state index >= 15 is 0 Å². The fraction of sp³-hybridized carbons (Fsp3) is 0.467.